The van der Waals surface area contributed by atoms with Crippen molar-refractivity contribution in [2.75, 3.05) is 91.6 Å². The van der Waals surface area contributed by atoms with Crippen molar-refractivity contribution in [2.45, 2.75) is 28.7 Å². The van der Waals surface area contributed by atoms with Crippen LogP contribution in [0.4, 0.5) is 0 Å². The molecule has 0 atom stereocenters. The number of rotatable bonds is 6. The van der Waals surface area contributed by atoms with Crippen molar-refractivity contribution in [2.24, 2.45) is 5.92 Å². The van der Waals surface area contributed by atoms with Crippen LogP contribution >= 0.6 is 0 Å². The standard InChI is InChI=1S/C4H8O.5C3H7NO.C3H9N.2CH4/c6*1-4(2)3-5;1-4(2)3;;/h3-4H,1-2H3;5*3H,1-2H3;1-3H3;2*1H4. The number of carbonyl (C=O) groups is 6. The van der Waals surface area contributed by atoms with E-state index in [2.05, 4.69) is 0 Å². The van der Waals surface area contributed by atoms with E-state index >= 15 is 0 Å². The highest BCUT2D eigenvalue weighted by Crippen LogP contribution is 1.78. The predicted octanol–water partition coefficient (Wildman–Crippen LogP) is 0.813. The third-order valence-corrected chi connectivity index (χ3v) is 1.33. The number of hydrogen-bond acceptors (Lipinski definition) is 7. The molecule has 0 aliphatic carbocycles. The molecule has 0 unspecified atom stereocenters. The second-order valence-corrected chi connectivity index (χ2v) is 8.07. The van der Waals surface area contributed by atoms with Crippen molar-refractivity contribution in [3.05, 3.63) is 0 Å². The van der Waals surface area contributed by atoms with E-state index in [-0.39, 0.29) is 20.8 Å². The summed E-state index contributed by atoms with van der Waals surface area (Å²) >= 11 is 0. The molecule has 0 heterocycles. The molecule has 0 rings (SSSR count). The average Bonchev–Trinajstić information content (AvgIpc) is 2.75. The average molecular weight is 529 g/mol. The number of hydrogen-bond donors (Lipinski definition) is 0. The molecule has 12 nitrogen and oxygen atoms in total. The molecule has 0 radical (unpaired) electrons. The van der Waals surface area contributed by atoms with Gasteiger partial charge in [-0.25, -0.2) is 0 Å². The van der Waals surface area contributed by atoms with Crippen molar-refractivity contribution in [1.29, 1.82) is 0 Å². The molecule has 5 amide bonds. The monoisotopic (exact) mass is 528 g/mol. The van der Waals surface area contributed by atoms with E-state index in [1.54, 1.807) is 70.5 Å². The van der Waals surface area contributed by atoms with Gasteiger partial charge in [-0.15, -0.1) is 0 Å². The summed E-state index contributed by atoms with van der Waals surface area (Å²) in [4.78, 5) is 65.9. The fourth-order valence-electron chi connectivity index (χ4n) is 0. The fraction of sp³-hybridized carbons (Fsp3) is 0.750. The van der Waals surface area contributed by atoms with Crippen LogP contribution in [0.5, 0.6) is 0 Å². The quantitative estimate of drug-likeness (QED) is 0.468. The molecule has 0 saturated heterocycles. The van der Waals surface area contributed by atoms with Gasteiger partial charge >= 0.3 is 0 Å². The smallest absolute Gasteiger partial charge is 0.209 e. The minimum Gasteiger partial charge on any atom is -0.351 e. The Kier molecular flexibility index (Phi) is 87.0. The van der Waals surface area contributed by atoms with Crippen LogP contribution in [0.3, 0.4) is 0 Å². The Bertz CT molecular complexity index is 336. The molecule has 0 spiro atoms. The lowest BCUT2D eigenvalue weighted by Crippen LogP contribution is -2.06. The van der Waals surface area contributed by atoms with Crippen LogP contribution in [0.25, 0.3) is 0 Å². The summed E-state index contributed by atoms with van der Waals surface area (Å²) < 4.78 is 0. The summed E-state index contributed by atoms with van der Waals surface area (Å²) in [7, 11) is 22.9. The normalized spacial score (nSPS) is 6.92. The highest BCUT2D eigenvalue weighted by Gasteiger charge is 1.79. The molecular weight excluding hydrogens is 468 g/mol. The van der Waals surface area contributed by atoms with E-state index in [1.165, 1.54) is 24.5 Å². The van der Waals surface area contributed by atoms with Gasteiger partial charge in [-0.1, -0.05) is 28.7 Å². The molecule has 0 fully saturated rings. The van der Waals surface area contributed by atoms with Gasteiger partial charge in [0.15, 0.2) is 0 Å². The van der Waals surface area contributed by atoms with Gasteiger partial charge in [-0.2, -0.15) is 0 Å². The second kappa shape index (κ2) is 53.4. The van der Waals surface area contributed by atoms with E-state index in [0.29, 0.717) is 0 Å². The molecule has 12 heteroatoms. The van der Waals surface area contributed by atoms with E-state index in [0.717, 1.165) is 38.3 Å². The summed E-state index contributed by atoms with van der Waals surface area (Å²) in [5.41, 5.74) is 0. The molecule has 0 bridgehead atoms. The molecule has 222 valence electrons. The van der Waals surface area contributed by atoms with Crippen molar-refractivity contribution in [3.8, 4) is 0 Å². The van der Waals surface area contributed by atoms with Gasteiger partial charge in [-0.05, 0) is 21.1 Å². The maximum Gasteiger partial charge on any atom is 0.209 e. The number of aldehydes is 1. The molecule has 0 saturated carbocycles. The van der Waals surface area contributed by atoms with Crippen LogP contribution in [0.1, 0.15) is 28.7 Å². The lowest BCUT2D eigenvalue weighted by molar-refractivity contribution is -0.116. The lowest BCUT2D eigenvalue weighted by Gasteiger charge is -1.93. The van der Waals surface area contributed by atoms with E-state index in [9.17, 15) is 28.8 Å². The second-order valence-electron chi connectivity index (χ2n) is 8.07. The molecule has 0 aromatic rings. The van der Waals surface area contributed by atoms with Crippen molar-refractivity contribution >= 4 is 38.3 Å². The zero-order valence-corrected chi connectivity index (χ0v) is 24.2. The third kappa shape index (κ3) is 345. The first-order valence-corrected chi connectivity index (χ1v) is 10.0. The summed E-state index contributed by atoms with van der Waals surface area (Å²) in [6.45, 7) is 3.71. The first kappa shape index (κ1) is 58.7. The van der Waals surface area contributed by atoms with Crippen LogP contribution < -0.4 is 0 Å². The van der Waals surface area contributed by atoms with Crippen LogP contribution in [0.2, 0.25) is 0 Å². The van der Waals surface area contributed by atoms with Crippen LogP contribution in [0, 0.1) is 5.92 Å². The van der Waals surface area contributed by atoms with Gasteiger partial charge in [-0.3, -0.25) is 24.0 Å². The first-order chi connectivity index (χ1) is 15.4. The lowest BCUT2D eigenvalue weighted by atomic mass is 10.3. The van der Waals surface area contributed by atoms with E-state index in [1.807, 2.05) is 39.9 Å². The zero-order chi connectivity index (χ0) is 29.3. The summed E-state index contributed by atoms with van der Waals surface area (Å²) in [6, 6.07) is 0. The van der Waals surface area contributed by atoms with Gasteiger partial charge in [0.1, 0.15) is 6.29 Å². The van der Waals surface area contributed by atoms with E-state index < -0.39 is 0 Å². The Labute approximate surface area is 223 Å². The zero-order valence-electron chi connectivity index (χ0n) is 24.2. The summed E-state index contributed by atoms with van der Waals surface area (Å²) in [6.07, 6.45) is 4.67. The Hall–Kier alpha value is -3.02. The van der Waals surface area contributed by atoms with Gasteiger partial charge in [0.2, 0.25) is 32.1 Å². The molecule has 0 N–H and O–H groups in total. The Morgan fingerprint density at radius 3 is 0.444 bits per heavy atom. The highest BCUT2D eigenvalue weighted by molar-refractivity contribution is 5.51. The SMILES string of the molecule is C.C.CC(C)C=O.CN(C)C.CN(C)C=O.CN(C)C=O.CN(C)C=O.CN(C)C=O.CN(C)C=O. The van der Waals surface area contributed by atoms with Crippen LogP contribution in [0.15, 0.2) is 0 Å². The predicted molar refractivity (Wildman–Crippen MR) is 153 cm³/mol. The molecule has 0 aromatic heterocycles. The van der Waals surface area contributed by atoms with Gasteiger partial charge < -0.3 is 34.2 Å². The first-order valence-electron chi connectivity index (χ1n) is 10.0. The Balaban J connectivity index is -0.0000000335. The molecule has 0 aliphatic rings. The van der Waals surface area contributed by atoms with Gasteiger partial charge in [0, 0.05) is 76.4 Å². The van der Waals surface area contributed by atoms with Crippen LogP contribution in [-0.4, -0.2) is 159 Å². The number of carbonyl (C=O) groups excluding carboxylic acids is 6. The van der Waals surface area contributed by atoms with Gasteiger partial charge in [0.05, 0.1) is 0 Å². The largest absolute Gasteiger partial charge is 0.351 e. The third-order valence-electron chi connectivity index (χ3n) is 1.33. The van der Waals surface area contributed by atoms with E-state index in [4.69, 9.17) is 0 Å². The van der Waals surface area contributed by atoms with Gasteiger partial charge in [0.25, 0.3) is 0 Å². The maximum absolute atomic E-state index is 9.50. The number of amides is 5. The fourth-order valence-corrected chi connectivity index (χ4v) is 0. The summed E-state index contributed by atoms with van der Waals surface area (Å²) in [5, 5.41) is 0. The number of nitrogens with zero attached hydrogens (tertiary/aromatic N) is 6. The van der Waals surface area contributed by atoms with Crippen LogP contribution in [-0.2, 0) is 28.8 Å². The topological polar surface area (TPSA) is 122 Å². The molecule has 0 aromatic carbocycles. The Morgan fingerprint density at radius 1 is 0.389 bits per heavy atom. The maximum atomic E-state index is 9.50. The van der Waals surface area contributed by atoms with Crippen molar-refractivity contribution in [3.63, 3.8) is 0 Å². The van der Waals surface area contributed by atoms with Crippen molar-refractivity contribution < 1.29 is 28.8 Å². The molecule has 36 heavy (non-hydrogen) atoms. The minimum absolute atomic E-state index is 0. The minimum atomic E-state index is 0. The molecular formula is C24H60N6O6. The Morgan fingerprint density at radius 2 is 0.444 bits per heavy atom. The highest BCUT2D eigenvalue weighted by atomic mass is 16.1. The summed E-state index contributed by atoms with van der Waals surface area (Å²) in [5.74, 6) is 0.204. The molecule has 0 aliphatic heterocycles. The van der Waals surface area contributed by atoms with Crippen molar-refractivity contribution in [1.82, 2.24) is 29.4 Å².